The molecule has 2 rings (SSSR count). The smallest absolute Gasteiger partial charge is 0.137 e. The quantitative estimate of drug-likeness (QED) is 0.831. The van der Waals surface area contributed by atoms with Gasteiger partial charge in [0.05, 0.1) is 12.1 Å². The van der Waals surface area contributed by atoms with Crippen molar-refractivity contribution in [1.82, 2.24) is 9.97 Å². The van der Waals surface area contributed by atoms with Crippen LogP contribution in [-0.2, 0) is 4.74 Å². The van der Waals surface area contributed by atoms with Crippen molar-refractivity contribution in [3.8, 4) is 0 Å². The third-order valence-electron chi connectivity index (χ3n) is 2.14. The summed E-state index contributed by atoms with van der Waals surface area (Å²) in [7, 11) is 1.68. The number of hydrogen-bond acceptors (Lipinski definition) is 4. The van der Waals surface area contributed by atoms with Crippen LogP contribution >= 0.6 is 12.4 Å². The standard InChI is InChI=1S/C11H13N3O.ClH/c1-15-7-6-12-11-9-4-2-3-5-10(9)13-8-14-11;/h2-5,8H,6-7H2,1H3,(H,12,13,14);1H. The summed E-state index contributed by atoms with van der Waals surface area (Å²) in [5.74, 6) is 0.859. The third kappa shape index (κ3) is 2.81. The van der Waals surface area contributed by atoms with Crippen LogP contribution < -0.4 is 5.32 Å². The van der Waals surface area contributed by atoms with Gasteiger partial charge in [-0.15, -0.1) is 12.4 Å². The SMILES string of the molecule is COCCNc1ncnc2ccccc12.Cl. The van der Waals surface area contributed by atoms with Gasteiger partial charge in [-0.3, -0.25) is 0 Å². The average Bonchev–Trinajstić information content (AvgIpc) is 2.30. The number of aromatic nitrogens is 2. The summed E-state index contributed by atoms with van der Waals surface area (Å²) in [5.41, 5.74) is 0.951. The Morgan fingerprint density at radius 2 is 2.06 bits per heavy atom. The molecule has 0 saturated heterocycles. The van der Waals surface area contributed by atoms with E-state index >= 15 is 0 Å². The maximum Gasteiger partial charge on any atom is 0.137 e. The first kappa shape index (κ1) is 12.7. The van der Waals surface area contributed by atoms with Gasteiger partial charge in [-0.25, -0.2) is 9.97 Å². The van der Waals surface area contributed by atoms with Gasteiger partial charge < -0.3 is 10.1 Å². The van der Waals surface area contributed by atoms with Crippen LogP contribution in [0.2, 0.25) is 0 Å². The van der Waals surface area contributed by atoms with E-state index in [4.69, 9.17) is 4.74 Å². The van der Waals surface area contributed by atoms with E-state index in [9.17, 15) is 0 Å². The Labute approximate surface area is 100 Å². The first-order chi connectivity index (χ1) is 7.42. The molecule has 0 spiro atoms. The zero-order valence-corrected chi connectivity index (χ0v) is 9.83. The summed E-state index contributed by atoms with van der Waals surface area (Å²) in [6, 6.07) is 7.92. The monoisotopic (exact) mass is 239 g/mol. The third-order valence-corrected chi connectivity index (χ3v) is 2.14. The molecule has 1 aromatic carbocycles. The van der Waals surface area contributed by atoms with E-state index in [-0.39, 0.29) is 12.4 Å². The maximum absolute atomic E-state index is 4.97. The van der Waals surface area contributed by atoms with Crippen molar-refractivity contribution < 1.29 is 4.74 Å². The molecule has 0 aliphatic heterocycles. The minimum atomic E-state index is 0. The fourth-order valence-corrected chi connectivity index (χ4v) is 1.42. The van der Waals surface area contributed by atoms with Crippen molar-refractivity contribution in [3.05, 3.63) is 30.6 Å². The van der Waals surface area contributed by atoms with Crippen LogP contribution in [0.5, 0.6) is 0 Å². The van der Waals surface area contributed by atoms with Gasteiger partial charge in [0.2, 0.25) is 0 Å². The Morgan fingerprint density at radius 1 is 1.25 bits per heavy atom. The lowest BCUT2D eigenvalue weighted by molar-refractivity contribution is 0.210. The highest BCUT2D eigenvalue weighted by molar-refractivity contribution is 5.88. The Morgan fingerprint density at radius 3 is 2.88 bits per heavy atom. The van der Waals surface area contributed by atoms with E-state index in [1.54, 1.807) is 13.4 Å². The van der Waals surface area contributed by atoms with Crippen molar-refractivity contribution in [1.29, 1.82) is 0 Å². The van der Waals surface area contributed by atoms with E-state index < -0.39 is 0 Å². The van der Waals surface area contributed by atoms with Crippen molar-refractivity contribution in [3.63, 3.8) is 0 Å². The van der Waals surface area contributed by atoms with E-state index in [1.165, 1.54) is 0 Å². The van der Waals surface area contributed by atoms with Crippen LogP contribution in [-0.4, -0.2) is 30.2 Å². The van der Waals surface area contributed by atoms with Crippen LogP contribution in [0.3, 0.4) is 0 Å². The predicted octanol–water partition coefficient (Wildman–Crippen LogP) is 2.11. The van der Waals surface area contributed by atoms with Crippen molar-refractivity contribution >= 4 is 29.1 Å². The summed E-state index contributed by atoms with van der Waals surface area (Å²) in [5, 5.41) is 4.25. The number of nitrogens with zero attached hydrogens (tertiary/aromatic N) is 2. The Hall–Kier alpha value is -1.39. The second-order valence-corrected chi connectivity index (χ2v) is 3.16. The van der Waals surface area contributed by atoms with Gasteiger partial charge in [0, 0.05) is 19.0 Å². The number of fused-ring (bicyclic) bond motifs is 1. The normalized spacial score (nSPS) is 9.81. The summed E-state index contributed by atoms with van der Waals surface area (Å²) in [4.78, 5) is 8.39. The molecule has 0 saturated carbocycles. The first-order valence-electron chi connectivity index (χ1n) is 4.84. The molecular weight excluding hydrogens is 226 g/mol. The fourth-order valence-electron chi connectivity index (χ4n) is 1.42. The van der Waals surface area contributed by atoms with E-state index in [1.807, 2.05) is 24.3 Å². The molecule has 4 nitrogen and oxygen atoms in total. The van der Waals surface area contributed by atoms with Crippen molar-refractivity contribution in [2.75, 3.05) is 25.6 Å². The highest BCUT2D eigenvalue weighted by Gasteiger charge is 2.00. The number of rotatable bonds is 4. The summed E-state index contributed by atoms with van der Waals surface area (Å²) >= 11 is 0. The van der Waals surface area contributed by atoms with E-state index in [0.717, 1.165) is 23.3 Å². The van der Waals surface area contributed by atoms with Crippen molar-refractivity contribution in [2.24, 2.45) is 0 Å². The topological polar surface area (TPSA) is 47.0 Å². The van der Waals surface area contributed by atoms with E-state index in [2.05, 4.69) is 15.3 Å². The predicted molar refractivity (Wildman–Crippen MR) is 67.2 cm³/mol. The van der Waals surface area contributed by atoms with Crippen LogP contribution in [0.1, 0.15) is 0 Å². The largest absolute Gasteiger partial charge is 0.383 e. The number of hydrogen-bond donors (Lipinski definition) is 1. The molecule has 16 heavy (non-hydrogen) atoms. The van der Waals surface area contributed by atoms with Gasteiger partial charge >= 0.3 is 0 Å². The van der Waals surface area contributed by atoms with Gasteiger partial charge in [0.25, 0.3) is 0 Å². The first-order valence-corrected chi connectivity index (χ1v) is 4.84. The number of benzene rings is 1. The molecule has 86 valence electrons. The Kier molecular flexibility index (Phi) is 4.95. The van der Waals surface area contributed by atoms with Crippen LogP contribution in [0.15, 0.2) is 30.6 Å². The zero-order chi connectivity index (χ0) is 10.5. The van der Waals surface area contributed by atoms with Crippen LogP contribution in [0.4, 0.5) is 5.82 Å². The summed E-state index contributed by atoms with van der Waals surface area (Å²) in [6.45, 7) is 1.41. The molecule has 1 aromatic heterocycles. The maximum atomic E-state index is 4.97. The number of anilines is 1. The van der Waals surface area contributed by atoms with Gasteiger partial charge in [-0.1, -0.05) is 12.1 Å². The molecule has 1 heterocycles. The number of methoxy groups -OCH3 is 1. The van der Waals surface area contributed by atoms with Crippen molar-refractivity contribution in [2.45, 2.75) is 0 Å². The molecule has 2 aromatic rings. The molecule has 0 fully saturated rings. The molecule has 0 atom stereocenters. The fraction of sp³-hybridized carbons (Fsp3) is 0.273. The lowest BCUT2D eigenvalue weighted by atomic mass is 10.2. The van der Waals surface area contributed by atoms with E-state index in [0.29, 0.717) is 6.61 Å². The molecule has 0 unspecified atom stereocenters. The lowest BCUT2D eigenvalue weighted by Gasteiger charge is -2.06. The summed E-state index contributed by atoms with van der Waals surface area (Å²) < 4.78 is 4.97. The molecule has 0 aliphatic rings. The second kappa shape index (κ2) is 6.25. The molecule has 0 bridgehead atoms. The Balaban J connectivity index is 0.00000128. The zero-order valence-electron chi connectivity index (χ0n) is 9.01. The number of para-hydroxylation sites is 1. The number of nitrogens with one attached hydrogen (secondary N) is 1. The van der Waals surface area contributed by atoms with Crippen LogP contribution in [0.25, 0.3) is 10.9 Å². The molecule has 0 radical (unpaired) electrons. The minimum Gasteiger partial charge on any atom is -0.383 e. The molecule has 1 N–H and O–H groups in total. The second-order valence-electron chi connectivity index (χ2n) is 3.16. The van der Waals surface area contributed by atoms with Gasteiger partial charge in [0.1, 0.15) is 12.1 Å². The molecule has 0 amide bonds. The Bertz CT molecular complexity index is 445. The summed E-state index contributed by atoms with van der Waals surface area (Å²) in [6.07, 6.45) is 1.57. The van der Waals surface area contributed by atoms with Gasteiger partial charge in [-0.2, -0.15) is 0 Å². The average molecular weight is 240 g/mol. The molecule has 0 aliphatic carbocycles. The highest BCUT2D eigenvalue weighted by atomic mass is 35.5. The van der Waals surface area contributed by atoms with Crippen LogP contribution in [0, 0.1) is 0 Å². The lowest BCUT2D eigenvalue weighted by Crippen LogP contribution is -2.09. The number of ether oxygens (including phenoxy) is 1. The molecule has 5 heteroatoms. The molecular formula is C11H14ClN3O. The van der Waals surface area contributed by atoms with Gasteiger partial charge in [0.15, 0.2) is 0 Å². The highest BCUT2D eigenvalue weighted by Crippen LogP contribution is 2.17. The van der Waals surface area contributed by atoms with Gasteiger partial charge in [-0.05, 0) is 12.1 Å². The number of halogens is 1. The minimum absolute atomic E-state index is 0.